The maximum atomic E-state index is 13.1. The molecule has 0 fully saturated rings. The third-order valence-electron chi connectivity index (χ3n) is 16.9. The summed E-state index contributed by atoms with van der Waals surface area (Å²) < 4.78 is 68.5. The highest BCUT2D eigenvalue weighted by Crippen LogP contribution is 2.45. The number of aliphatic hydroxyl groups excluding tert-OH is 1. The number of carbonyl (C=O) groups excluding carboxylic acids is 4. The molecule has 0 heterocycles. The molecule has 3 N–H and O–H groups in total. The maximum Gasteiger partial charge on any atom is 0.472 e. The molecular formula is C81H144O17P2. The Balaban J connectivity index is 5.37. The molecule has 0 saturated heterocycles. The molecule has 0 radical (unpaired) electrons. The Hall–Kier alpha value is -3.76. The van der Waals surface area contributed by atoms with Crippen molar-refractivity contribution in [1.29, 1.82) is 0 Å². The predicted octanol–water partition coefficient (Wildman–Crippen LogP) is 23.0. The number of allylic oxidation sites excluding steroid dienone is 14. The van der Waals surface area contributed by atoms with Crippen molar-refractivity contribution in [2.75, 3.05) is 39.6 Å². The average molecular weight is 1450 g/mol. The van der Waals surface area contributed by atoms with Crippen LogP contribution >= 0.6 is 15.6 Å². The van der Waals surface area contributed by atoms with Crippen molar-refractivity contribution in [2.24, 2.45) is 0 Å². The Morgan fingerprint density at radius 3 is 0.870 bits per heavy atom. The molecule has 0 aromatic carbocycles. The van der Waals surface area contributed by atoms with Crippen molar-refractivity contribution in [2.45, 2.75) is 367 Å². The highest BCUT2D eigenvalue weighted by Gasteiger charge is 2.30. The molecule has 0 aliphatic heterocycles. The van der Waals surface area contributed by atoms with E-state index < -0.39 is 97.5 Å². The van der Waals surface area contributed by atoms with Crippen LogP contribution in [0.15, 0.2) is 85.1 Å². The summed E-state index contributed by atoms with van der Waals surface area (Å²) in [5, 5.41) is 10.6. The fourth-order valence-corrected chi connectivity index (χ4v) is 12.4. The van der Waals surface area contributed by atoms with E-state index in [1.54, 1.807) is 0 Å². The highest BCUT2D eigenvalue weighted by atomic mass is 31.2. The molecule has 0 saturated carbocycles. The second kappa shape index (κ2) is 73.5. The van der Waals surface area contributed by atoms with Crippen LogP contribution in [0.5, 0.6) is 0 Å². The summed E-state index contributed by atoms with van der Waals surface area (Å²) >= 11 is 0. The Morgan fingerprint density at radius 2 is 0.540 bits per heavy atom. The number of ether oxygens (including phenoxy) is 4. The molecule has 0 aromatic rings. The summed E-state index contributed by atoms with van der Waals surface area (Å²) in [7, 11) is -9.96. The Bertz CT molecular complexity index is 2230. The minimum absolute atomic E-state index is 0.0390. The van der Waals surface area contributed by atoms with Crippen LogP contribution in [-0.4, -0.2) is 96.7 Å². The van der Waals surface area contributed by atoms with Crippen LogP contribution in [0.3, 0.4) is 0 Å². The molecule has 5 atom stereocenters. The van der Waals surface area contributed by atoms with E-state index in [4.69, 9.17) is 37.0 Å². The molecule has 5 unspecified atom stereocenters. The molecule has 17 nitrogen and oxygen atoms in total. The Labute approximate surface area is 608 Å². The van der Waals surface area contributed by atoms with Crippen molar-refractivity contribution in [3.8, 4) is 0 Å². The van der Waals surface area contributed by atoms with Crippen LogP contribution in [0.4, 0.5) is 0 Å². The molecule has 0 aliphatic rings. The lowest BCUT2D eigenvalue weighted by atomic mass is 10.0. The molecule has 0 rings (SSSR count). The molecule has 19 heteroatoms. The number of carbonyl (C=O) groups is 4. The topological polar surface area (TPSA) is 237 Å². The van der Waals surface area contributed by atoms with Gasteiger partial charge in [0.05, 0.1) is 26.4 Å². The third-order valence-corrected chi connectivity index (χ3v) is 18.8. The van der Waals surface area contributed by atoms with Crippen molar-refractivity contribution >= 4 is 39.5 Å². The van der Waals surface area contributed by atoms with Crippen molar-refractivity contribution in [3.05, 3.63) is 85.1 Å². The lowest BCUT2D eigenvalue weighted by Gasteiger charge is -2.21. The molecule has 100 heavy (non-hydrogen) atoms. The van der Waals surface area contributed by atoms with Gasteiger partial charge in [-0.15, -0.1) is 0 Å². The van der Waals surface area contributed by atoms with Gasteiger partial charge in [-0.3, -0.25) is 37.3 Å². The number of phosphoric acid groups is 2. The summed E-state index contributed by atoms with van der Waals surface area (Å²) in [5.74, 6) is -2.25. The van der Waals surface area contributed by atoms with Gasteiger partial charge in [0.1, 0.15) is 19.3 Å². The largest absolute Gasteiger partial charge is 0.472 e. The Kier molecular flexibility index (Phi) is 70.8. The first-order chi connectivity index (χ1) is 48.7. The summed E-state index contributed by atoms with van der Waals surface area (Å²) in [6.45, 7) is 4.71. The predicted molar refractivity (Wildman–Crippen MR) is 409 cm³/mol. The minimum atomic E-state index is -4.99. The molecule has 0 amide bonds. The van der Waals surface area contributed by atoms with Crippen molar-refractivity contribution in [3.63, 3.8) is 0 Å². The first-order valence-corrected chi connectivity index (χ1v) is 42.8. The maximum absolute atomic E-state index is 13.1. The number of hydrogen-bond donors (Lipinski definition) is 3. The van der Waals surface area contributed by atoms with E-state index in [-0.39, 0.29) is 25.7 Å². The van der Waals surface area contributed by atoms with Gasteiger partial charge in [-0.05, 0) is 89.9 Å². The van der Waals surface area contributed by atoms with E-state index in [1.165, 1.54) is 148 Å². The molecular weight excluding hydrogens is 1310 g/mol. The molecule has 0 spiro atoms. The average Bonchev–Trinajstić information content (AvgIpc) is 0.935. The summed E-state index contributed by atoms with van der Waals surface area (Å²) in [4.78, 5) is 72.9. The van der Waals surface area contributed by atoms with Gasteiger partial charge in [-0.25, -0.2) is 9.13 Å². The second-order valence-electron chi connectivity index (χ2n) is 26.6. The van der Waals surface area contributed by atoms with E-state index in [0.29, 0.717) is 32.1 Å². The summed E-state index contributed by atoms with van der Waals surface area (Å²) in [6, 6.07) is 0. The molecule has 580 valence electrons. The van der Waals surface area contributed by atoms with Crippen LogP contribution < -0.4 is 0 Å². The zero-order chi connectivity index (χ0) is 73.2. The van der Waals surface area contributed by atoms with Crippen LogP contribution in [0, 0.1) is 0 Å². The van der Waals surface area contributed by atoms with Crippen LogP contribution in [0.1, 0.15) is 349 Å². The molecule has 0 bridgehead atoms. The Morgan fingerprint density at radius 1 is 0.290 bits per heavy atom. The van der Waals surface area contributed by atoms with Gasteiger partial charge in [0, 0.05) is 25.7 Å². The highest BCUT2D eigenvalue weighted by molar-refractivity contribution is 7.47. The minimum Gasteiger partial charge on any atom is -0.462 e. The van der Waals surface area contributed by atoms with Gasteiger partial charge < -0.3 is 33.8 Å². The van der Waals surface area contributed by atoms with Crippen molar-refractivity contribution < 1.29 is 80.2 Å². The van der Waals surface area contributed by atoms with Crippen molar-refractivity contribution in [1.82, 2.24) is 0 Å². The standard InChI is InChI=1S/C81H144O17P2/c1-5-9-13-17-21-25-29-33-35-36-37-38-40-44-46-50-54-58-62-66-79(84)92-72-77(98-81(86)68-64-60-56-52-48-42-32-28-24-20-16-12-8-4)74-96-100(89,90)94-70-75(82)69-93-99(87,88)95-73-76(97-80(85)67-63-59-55-51-47-41-31-27-23-19-15-11-7-3)71-91-78(83)65-61-57-53-49-45-43-39-34-30-26-22-18-14-10-6-2/h9,13,21,25,27,31,33,35,37-38,44,46,54,58,75-77,82H,5-8,10-12,14-20,22-24,26,28-30,32,34,36,39-43,45,47-53,55-57,59-74H2,1-4H3,(H,87,88)(H,89,90)/b13-9-,25-21-,31-27-,35-33-,38-37-,46-44-,58-54-. The quantitative estimate of drug-likeness (QED) is 0.0169. The van der Waals surface area contributed by atoms with E-state index in [2.05, 4.69) is 94.5 Å². The first-order valence-electron chi connectivity index (χ1n) is 39.8. The van der Waals surface area contributed by atoms with E-state index in [0.717, 1.165) is 116 Å². The molecule has 0 aromatic heterocycles. The van der Waals surface area contributed by atoms with Gasteiger partial charge in [0.25, 0.3) is 0 Å². The number of rotatable bonds is 75. The monoisotopic (exact) mass is 1450 g/mol. The number of esters is 4. The van der Waals surface area contributed by atoms with E-state index >= 15 is 0 Å². The van der Waals surface area contributed by atoms with E-state index in [1.807, 2.05) is 18.2 Å². The zero-order valence-electron chi connectivity index (χ0n) is 63.4. The van der Waals surface area contributed by atoms with Gasteiger partial charge in [-0.2, -0.15) is 0 Å². The fraction of sp³-hybridized carbons (Fsp3) is 0.778. The van der Waals surface area contributed by atoms with Gasteiger partial charge in [0.2, 0.25) is 0 Å². The normalized spacial score (nSPS) is 14.3. The first kappa shape index (κ1) is 96.2. The summed E-state index contributed by atoms with van der Waals surface area (Å²) in [6.07, 6.45) is 75.8. The second-order valence-corrected chi connectivity index (χ2v) is 29.5. The zero-order valence-corrected chi connectivity index (χ0v) is 65.2. The lowest BCUT2D eigenvalue weighted by Crippen LogP contribution is -2.30. The smallest absolute Gasteiger partial charge is 0.462 e. The van der Waals surface area contributed by atoms with E-state index in [9.17, 15) is 43.2 Å². The van der Waals surface area contributed by atoms with Crippen LogP contribution in [0.25, 0.3) is 0 Å². The fourth-order valence-electron chi connectivity index (χ4n) is 10.8. The number of hydrogen-bond acceptors (Lipinski definition) is 15. The SMILES string of the molecule is CC/C=C\C/C=C\C/C=C\C/C=C\C/C=C\C/C=C\CCC(=O)OCC(COP(=O)(O)OCC(O)COP(=O)(O)OCC(COC(=O)CCCCCCCCCCCCCCCCC)OC(=O)CCCCCCC/C=C\CCCCCC)OC(=O)CCCCCCCCCCCCCCC. The van der Waals surface area contributed by atoms with Crippen LogP contribution in [-0.2, 0) is 65.4 Å². The van der Waals surface area contributed by atoms with Gasteiger partial charge in [0.15, 0.2) is 12.2 Å². The number of unbranched alkanes of at least 4 members (excludes halogenated alkanes) is 35. The van der Waals surface area contributed by atoms with Gasteiger partial charge >= 0.3 is 39.5 Å². The summed E-state index contributed by atoms with van der Waals surface area (Å²) in [5.41, 5.74) is 0. The molecule has 0 aliphatic carbocycles. The lowest BCUT2D eigenvalue weighted by molar-refractivity contribution is -0.161. The van der Waals surface area contributed by atoms with Gasteiger partial charge in [-0.1, -0.05) is 318 Å². The number of aliphatic hydroxyl groups is 1. The van der Waals surface area contributed by atoms with Crippen LogP contribution in [0.2, 0.25) is 0 Å². The number of phosphoric ester groups is 2. The third kappa shape index (κ3) is 72.6.